The number of amides is 1. The number of nitro groups is 1. The van der Waals surface area contributed by atoms with E-state index < -0.39 is 14.9 Å². The van der Waals surface area contributed by atoms with Gasteiger partial charge in [-0.1, -0.05) is 29.8 Å². The molecule has 0 aliphatic carbocycles. The van der Waals surface area contributed by atoms with Gasteiger partial charge >= 0.3 is 0 Å². The maximum atomic E-state index is 12.7. The van der Waals surface area contributed by atoms with Crippen LogP contribution >= 0.6 is 0 Å². The first-order chi connectivity index (χ1) is 13.8. The summed E-state index contributed by atoms with van der Waals surface area (Å²) in [5.74, 6) is -0.310. The summed E-state index contributed by atoms with van der Waals surface area (Å²) >= 11 is 0. The van der Waals surface area contributed by atoms with Crippen LogP contribution in [-0.2, 0) is 14.8 Å². The first kappa shape index (κ1) is 20.7. The molecule has 0 atom stereocenters. The first-order valence-electron chi connectivity index (χ1n) is 9.06. The van der Waals surface area contributed by atoms with E-state index in [9.17, 15) is 23.3 Å². The lowest BCUT2D eigenvalue weighted by molar-refractivity contribution is -0.385. The number of carbonyl (C=O) groups excluding carboxylic acids is 1. The normalized spacial score (nSPS) is 15.6. The average Bonchev–Trinajstić information content (AvgIpc) is 2.72. The van der Waals surface area contributed by atoms with Gasteiger partial charge in [0.15, 0.2) is 0 Å². The zero-order valence-corrected chi connectivity index (χ0v) is 16.7. The number of hydrogen-bond donors (Lipinski definition) is 0. The molecule has 0 saturated carbocycles. The highest BCUT2D eigenvalue weighted by atomic mass is 32.2. The molecule has 29 heavy (non-hydrogen) atoms. The molecule has 1 aliphatic rings. The standard InChI is InChI=1S/C20H21N3O5S/c1-16-6-9-18(10-7-16)29(27,28)22-14-12-21(13-15-22)20(24)11-8-17-4-2-3-5-19(17)23(25)26/h2-11H,12-15H2,1H3/b11-8+. The maximum absolute atomic E-state index is 12.7. The number of hydrogen-bond acceptors (Lipinski definition) is 5. The van der Waals surface area contributed by atoms with Gasteiger partial charge in [0.25, 0.3) is 5.69 Å². The van der Waals surface area contributed by atoms with E-state index in [-0.39, 0.29) is 42.7 Å². The second-order valence-electron chi connectivity index (χ2n) is 6.69. The third kappa shape index (κ3) is 4.69. The van der Waals surface area contributed by atoms with Crippen LogP contribution in [0.15, 0.2) is 59.5 Å². The van der Waals surface area contributed by atoms with E-state index in [0.29, 0.717) is 5.56 Å². The van der Waals surface area contributed by atoms with Crippen molar-refractivity contribution in [3.8, 4) is 0 Å². The van der Waals surface area contributed by atoms with Crippen LogP contribution in [0.3, 0.4) is 0 Å². The Labute approximate surface area is 169 Å². The Morgan fingerprint density at radius 1 is 1.03 bits per heavy atom. The lowest BCUT2D eigenvalue weighted by Crippen LogP contribution is -2.50. The Hall–Kier alpha value is -3.04. The highest BCUT2D eigenvalue weighted by molar-refractivity contribution is 7.89. The van der Waals surface area contributed by atoms with Gasteiger partial charge in [0.2, 0.25) is 15.9 Å². The van der Waals surface area contributed by atoms with Crippen molar-refractivity contribution in [1.29, 1.82) is 0 Å². The van der Waals surface area contributed by atoms with Crippen LogP contribution in [0.4, 0.5) is 5.69 Å². The van der Waals surface area contributed by atoms with Crippen molar-refractivity contribution in [2.24, 2.45) is 0 Å². The highest BCUT2D eigenvalue weighted by Gasteiger charge is 2.29. The van der Waals surface area contributed by atoms with Crippen molar-refractivity contribution in [3.05, 3.63) is 75.8 Å². The zero-order chi connectivity index (χ0) is 21.0. The fraction of sp³-hybridized carbons (Fsp3) is 0.250. The number of para-hydroxylation sites is 1. The number of aryl methyl sites for hydroxylation is 1. The molecule has 0 unspecified atom stereocenters. The molecule has 8 nitrogen and oxygen atoms in total. The number of sulfonamides is 1. The minimum Gasteiger partial charge on any atom is -0.337 e. The van der Waals surface area contributed by atoms with Crippen LogP contribution in [0.25, 0.3) is 6.08 Å². The fourth-order valence-electron chi connectivity index (χ4n) is 3.07. The number of nitrogens with zero attached hydrogens (tertiary/aromatic N) is 3. The van der Waals surface area contributed by atoms with E-state index in [1.54, 1.807) is 42.5 Å². The Balaban J connectivity index is 1.64. The van der Waals surface area contributed by atoms with Crippen LogP contribution in [0.1, 0.15) is 11.1 Å². The molecule has 1 saturated heterocycles. The van der Waals surface area contributed by atoms with Crippen LogP contribution in [0.5, 0.6) is 0 Å². The average molecular weight is 415 g/mol. The van der Waals surface area contributed by atoms with E-state index in [1.807, 2.05) is 6.92 Å². The quantitative estimate of drug-likeness (QED) is 0.424. The molecule has 0 radical (unpaired) electrons. The van der Waals surface area contributed by atoms with E-state index in [2.05, 4.69) is 0 Å². The van der Waals surface area contributed by atoms with Crippen LogP contribution < -0.4 is 0 Å². The Kier molecular flexibility index (Phi) is 6.09. The number of nitro benzene ring substituents is 1. The molecule has 0 spiro atoms. The van der Waals surface area contributed by atoms with E-state index in [0.717, 1.165) is 5.56 Å². The van der Waals surface area contributed by atoms with Crippen molar-refractivity contribution >= 4 is 27.7 Å². The summed E-state index contributed by atoms with van der Waals surface area (Å²) in [6.45, 7) is 2.79. The topological polar surface area (TPSA) is 101 Å². The molecule has 1 heterocycles. The molecule has 2 aromatic carbocycles. The van der Waals surface area contributed by atoms with Gasteiger partial charge in [-0.15, -0.1) is 0 Å². The van der Waals surface area contributed by atoms with Gasteiger partial charge in [-0.25, -0.2) is 8.42 Å². The molecule has 1 fully saturated rings. The molecule has 9 heteroatoms. The smallest absolute Gasteiger partial charge is 0.276 e. The minimum atomic E-state index is -3.60. The Bertz CT molecular complexity index is 1040. The molecule has 0 aromatic heterocycles. The lowest BCUT2D eigenvalue weighted by atomic mass is 10.1. The zero-order valence-electron chi connectivity index (χ0n) is 15.9. The van der Waals surface area contributed by atoms with Crippen LogP contribution in [0, 0.1) is 17.0 Å². The summed E-state index contributed by atoms with van der Waals surface area (Å²) in [5, 5.41) is 11.0. The minimum absolute atomic E-state index is 0.0782. The molecule has 0 N–H and O–H groups in total. The predicted molar refractivity (Wildman–Crippen MR) is 109 cm³/mol. The van der Waals surface area contributed by atoms with Crippen molar-refractivity contribution in [3.63, 3.8) is 0 Å². The van der Waals surface area contributed by atoms with Crippen molar-refractivity contribution in [2.45, 2.75) is 11.8 Å². The fourth-order valence-corrected chi connectivity index (χ4v) is 4.49. The summed E-state index contributed by atoms with van der Waals surface area (Å²) in [6, 6.07) is 12.8. The molecular formula is C20H21N3O5S. The number of piperazine rings is 1. The number of rotatable bonds is 5. The Morgan fingerprint density at radius 2 is 1.66 bits per heavy atom. The van der Waals surface area contributed by atoms with Gasteiger partial charge in [-0.2, -0.15) is 4.31 Å². The summed E-state index contributed by atoms with van der Waals surface area (Å²) in [7, 11) is -3.60. The Morgan fingerprint density at radius 3 is 2.28 bits per heavy atom. The van der Waals surface area contributed by atoms with Gasteiger partial charge in [0, 0.05) is 38.3 Å². The van der Waals surface area contributed by atoms with E-state index in [4.69, 9.17) is 0 Å². The van der Waals surface area contributed by atoms with Gasteiger partial charge < -0.3 is 4.90 Å². The van der Waals surface area contributed by atoms with E-state index in [1.165, 1.54) is 27.4 Å². The molecule has 1 amide bonds. The molecule has 2 aromatic rings. The molecular weight excluding hydrogens is 394 g/mol. The van der Waals surface area contributed by atoms with Crippen LogP contribution in [-0.4, -0.2) is 54.6 Å². The summed E-state index contributed by atoms with van der Waals surface area (Å²) in [4.78, 5) is 24.7. The van der Waals surface area contributed by atoms with Gasteiger partial charge in [0.05, 0.1) is 15.4 Å². The van der Waals surface area contributed by atoms with Crippen molar-refractivity contribution in [1.82, 2.24) is 9.21 Å². The maximum Gasteiger partial charge on any atom is 0.276 e. The van der Waals surface area contributed by atoms with Crippen molar-refractivity contribution in [2.75, 3.05) is 26.2 Å². The molecule has 3 rings (SSSR count). The largest absolute Gasteiger partial charge is 0.337 e. The lowest BCUT2D eigenvalue weighted by Gasteiger charge is -2.33. The summed E-state index contributed by atoms with van der Waals surface area (Å²) in [5.41, 5.74) is 1.24. The summed E-state index contributed by atoms with van der Waals surface area (Å²) < 4.78 is 26.8. The van der Waals surface area contributed by atoms with Gasteiger partial charge in [-0.05, 0) is 31.2 Å². The monoisotopic (exact) mass is 415 g/mol. The molecule has 152 valence electrons. The second kappa shape index (κ2) is 8.54. The number of carbonyl (C=O) groups is 1. The van der Waals surface area contributed by atoms with Crippen molar-refractivity contribution < 1.29 is 18.1 Å². The molecule has 0 bridgehead atoms. The third-order valence-corrected chi connectivity index (χ3v) is 6.66. The van der Waals surface area contributed by atoms with Crippen LogP contribution in [0.2, 0.25) is 0 Å². The first-order valence-corrected chi connectivity index (χ1v) is 10.5. The molecule has 1 aliphatic heterocycles. The highest BCUT2D eigenvalue weighted by Crippen LogP contribution is 2.20. The summed E-state index contributed by atoms with van der Waals surface area (Å²) in [6.07, 6.45) is 2.70. The predicted octanol–water partition coefficient (Wildman–Crippen LogP) is 2.45. The SMILES string of the molecule is Cc1ccc(S(=O)(=O)N2CCN(C(=O)/C=C/c3ccccc3[N+](=O)[O-])CC2)cc1. The van der Waals surface area contributed by atoms with Gasteiger partial charge in [-0.3, -0.25) is 14.9 Å². The van der Waals surface area contributed by atoms with E-state index >= 15 is 0 Å². The van der Waals surface area contributed by atoms with Gasteiger partial charge in [0.1, 0.15) is 0 Å². The second-order valence-corrected chi connectivity index (χ2v) is 8.63. The third-order valence-electron chi connectivity index (χ3n) is 4.75. The number of benzene rings is 2.